The van der Waals surface area contributed by atoms with Crippen molar-refractivity contribution in [2.75, 3.05) is 26.3 Å². The van der Waals surface area contributed by atoms with E-state index < -0.39 is 0 Å². The average Bonchev–Trinajstić information content (AvgIpc) is 3.36. The van der Waals surface area contributed by atoms with Gasteiger partial charge >= 0.3 is 0 Å². The van der Waals surface area contributed by atoms with Gasteiger partial charge in [0, 0.05) is 44.1 Å². The summed E-state index contributed by atoms with van der Waals surface area (Å²) in [4.78, 5) is 14.4. The molecule has 4 rings (SSSR count). The third-order valence-electron chi connectivity index (χ3n) is 5.16. The van der Waals surface area contributed by atoms with Gasteiger partial charge < -0.3 is 15.4 Å². The summed E-state index contributed by atoms with van der Waals surface area (Å²) in [6, 6.07) is 6.17. The first-order valence-electron chi connectivity index (χ1n) is 8.88. The molecule has 2 saturated heterocycles. The molecular formula is C18H22FN5O2. The molecule has 7 nitrogen and oxygen atoms in total. The Balaban J connectivity index is 1.43. The predicted octanol–water partition coefficient (Wildman–Crippen LogP) is 1.02. The van der Waals surface area contributed by atoms with Crippen LogP contribution in [0.15, 0.2) is 30.5 Å². The van der Waals surface area contributed by atoms with Crippen LogP contribution < -0.4 is 5.73 Å². The Morgan fingerprint density at radius 1 is 1.38 bits per heavy atom. The minimum atomic E-state index is -0.293. The maximum Gasteiger partial charge on any atom is 0.276 e. The average molecular weight is 359 g/mol. The Hall–Kier alpha value is -2.32. The number of ether oxygens (including phenoxy) is 1. The molecule has 138 valence electrons. The lowest BCUT2D eigenvalue weighted by Crippen LogP contribution is -2.32. The zero-order valence-corrected chi connectivity index (χ0v) is 14.4. The maximum absolute atomic E-state index is 13.5. The molecule has 2 aliphatic heterocycles. The van der Waals surface area contributed by atoms with E-state index in [0.717, 1.165) is 25.2 Å². The topological polar surface area (TPSA) is 86.3 Å². The number of benzene rings is 1. The Morgan fingerprint density at radius 2 is 2.27 bits per heavy atom. The zero-order valence-electron chi connectivity index (χ0n) is 14.4. The Bertz CT molecular complexity index is 789. The third-order valence-corrected chi connectivity index (χ3v) is 5.16. The van der Waals surface area contributed by atoms with Crippen LogP contribution in [0.3, 0.4) is 0 Å². The van der Waals surface area contributed by atoms with E-state index in [0.29, 0.717) is 31.2 Å². The Labute approximate surface area is 150 Å². The van der Waals surface area contributed by atoms with Gasteiger partial charge in [-0.05, 0) is 24.1 Å². The van der Waals surface area contributed by atoms with Crippen LogP contribution in [-0.4, -0.2) is 58.1 Å². The first-order chi connectivity index (χ1) is 12.6. The number of nitrogens with zero attached hydrogens (tertiary/aromatic N) is 4. The number of halogens is 1. The van der Waals surface area contributed by atoms with E-state index in [-0.39, 0.29) is 23.7 Å². The lowest BCUT2D eigenvalue weighted by Gasteiger charge is -2.15. The summed E-state index contributed by atoms with van der Waals surface area (Å²) in [7, 11) is 0. The van der Waals surface area contributed by atoms with Crippen LogP contribution in [0.2, 0.25) is 0 Å². The largest absolute Gasteiger partial charge is 0.381 e. The van der Waals surface area contributed by atoms with Gasteiger partial charge in [0.05, 0.1) is 12.8 Å². The van der Waals surface area contributed by atoms with Crippen molar-refractivity contribution in [1.82, 2.24) is 19.9 Å². The number of likely N-dealkylation sites (tertiary alicyclic amines) is 1. The smallest absolute Gasteiger partial charge is 0.276 e. The summed E-state index contributed by atoms with van der Waals surface area (Å²) in [6.07, 6.45) is 2.68. The fourth-order valence-corrected chi connectivity index (χ4v) is 3.72. The lowest BCUT2D eigenvalue weighted by atomic mass is 9.95. The number of amides is 1. The lowest BCUT2D eigenvalue weighted by molar-refractivity contribution is 0.0783. The molecule has 1 unspecified atom stereocenters. The molecular weight excluding hydrogens is 337 g/mol. The molecule has 0 radical (unpaired) electrons. The van der Waals surface area contributed by atoms with Crippen LogP contribution in [0.25, 0.3) is 0 Å². The van der Waals surface area contributed by atoms with Crippen LogP contribution in [0, 0.1) is 11.7 Å². The van der Waals surface area contributed by atoms with Crippen molar-refractivity contribution in [2.45, 2.75) is 24.9 Å². The Morgan fingerprint density at radius 3 is 3.04 bits per heavy atom. The summed E-state index contributed by atoms with van der Waals surface area (Å²) in [6.45, 7) is 3.07. The summed E-state index contributed by atoms with van der Waals surface area (Å²) in [5, 5.41) is 8.08. The van der Waals surface area contributed by atoms with Crippen LogP contribution in [0.4, 0.5) is 4.39 Å². The van der Waals surface area contributed by atoms with Crippen molar-refractivity contribution in [3.8, 4) is 0 Å². The molecule has 8 heteroatoms. The quantitative estimate of drug-likeness (QED) is 0.881. The molecule has 26 heavy (non-hydrogen) atoms. The number of carbonyl (C=O) groups excluding carboxylic acids is 1. The van der Waals surface area contributed by atoms with Gasteiger partial charge in [-0.3, -0.25) is 9.48 Å². The molecule has 2 aromatic rings. The van der Waals surface area contributed by atoms with E-state index in [1.165, 1.54) is 12.1 Å². The molecule has 2 N–H and O–H groups in total. The summed E-state index contributed by atoms with van der Waals surface area (Å²) in [5.74, 6) is -0.149. The second-order valence-corrected chi connectivity index (χ2v) is 7.09. The van der Waals surface area contributed by atoms with E-state index in [2.05, 4.69) is 10.3 Å². The fourth-order valence-electron chi connectivity index (χ4n) is 3.72. The minimum Gasteiger partial charge on any atom is -0.381 e. The highest BCUT2D eigenvalue weighted by Crippen LogP contribution is 2.27. The standard InChI is InChI=1S/C18H22FN5O2/c19-14-3-1-2-13(6-14)15-8-23(9-16(15)20)18(25)17-10-24(22-21-17)7-12-4-5-26-11-12/h1-3,6,10,12,15-16H,4-5,7-9,11,20H2/t12?,15-,16+/m0/s1. The highest BCUT2D eigenvalue weighted by Gasteiger charge is 2.35. The molecule has 1 aromatic heterocycles. The van der Waals surface area contributed by atoms with Crippen molar-refractivity contribution >= 4 is 5.91 Å². The van der Waals surface area contributed by atoms with Gasteiger partial charge in [0.2, 0.25) is 0 Å². The van der Waals surface area contributed by atoms with Crippen LogP contribution >= 0.6 is 0 Å². The van der Waals surface area contributed by atoms with Gasteiger partial charge in [0.1, 0.15) is 5.82 Å². The van der Waals surface area contributed by atoms with E-state index in [1.807, 2.05) is 6.07 Å². The normalized spacial score (nSPS) is 25.8. The zero-order chi connectivity index (χ0) is 18.1. The second kappa shape index (κ2) is 7.13. The summed E-state index contributed by atoms with van der Waals surface area (Å²) < 4.78 is 20.5. The van der Waals surface area contributed by atoms with Crippen LogP contribution in [0.1, 0.15) is 28.4 Å². The SMILES string of the molecule is N[C@@H]1CN(C(=O)c2cn(CC3CCOC3)nn2)C[C@H]1c1cccc(F)c1. The van der Waals surface area contributed by atoms with Gasteiger partial charge in [-0.25, -0.2) is 4.39 Å². The second-order valence-electron chi connectivity index (χ2n) is 7.09. The van der Waals surface area contributed by atoms with E-state index >= 15 is 0 Å². The number of hydrogen-bond donors (Lipinski definition) is 1. The van der Waals surface area contributed by atoms with E-state index in [1.54, 1.807) is 21.8 Å². The monoisotopic (exact) mass is 359 g/mol. The number of hydrogen-bond acceptors (Lipinski definition) is 5. The molecule has 2 aliphatic rings. The molecule has 1 aromatic carbocycles. The van der Waals surface area contributed by atoms with Crippen molar-refractivity contribution in [3.63, 3.8) is 0 Å². The van der Waals surface area contributed by atoms with Crippen LogP contribution in [-0.2, 0) is 11.3 Å². The first-order valence-corrected chi connectivity index (χ1v) is 8.88. The van der Waals surface area contributed by atoms with Crippen molar-refractivity contribution in [1.29, 1.82) is 0 Å². The van der Waals surface area contributed by atoms with Gasteiger partial charge in [0.15, 0.2) is 5.69 Å². The van der Waals surface area contributed by atoms with Gasteiger partial charge in [-0.1, -0.05) is 17.3 Å². The molecule has 0 saturated carbocycles. The van der Waals surface area contributed by atoms with Gasteiger partial charge in [-0.2, -0.15) is 0 Å². The molecule has 2 fully saturated rings. The Kier molecular flexibility index (Phi) is 4.69. The van der Waals surface area contributed by atoms with E-state index in [4.69, 9.17) is 10.5 Å². The van der Waals surface area contributed by atoms with Crippen molar-refractivity contribution in [2.24, 2.45) is 11.7 Å². The number of carbonyl (C=O) groups is 1. The fraction of sp³-hybridized carbons (Fsp3) is 0.500. The summed E-state index contributed by atoms with van der Waals surface area (Å²) >= 11 is 0. The highest BCUT2D eigenvalue weighted by molar-refractivity contribution is 5.92. The molecule has 1 amide bonds. The number of nitrogens with two attached hydrogens (primary N) is 1. The first kappa shape index (κ1) is 17.1. The van der Waals surface area contributed by atoms with Gasteiger partial charge in [-0.15, -0.1) is 5.10 Å². The molecule has 0 spiro atoms. The predicted molar refractivity (Wildman–Crippen MR) is 92.0 cm³/mol. The molecule has 0 aliphatic carbocycles. The molecule has 0 bridgehead atoms. The number of aromatic nitrogens is 3. The highest BCUT2D eigenvalue weighted by atomic mass is 19.1. The molecule has 3 atom stereocenters. The van der Waals surface area contributed by atoms with Crippen molar-refractivity contribution < 1.29 is 13.9 Å². The minimum absolute atomic E-state index is 0.0830. The maximum atomic E-state index is 13.5. The third kappa shape index (κ3) is 3.47. The van der Waals surface area contributed by atoms with E-state index in [9.17, 15) is 9.18 Å². The number of rotatable bonds is 4. The summed E-state index contributed by atoms with van der Waals surface area (Å²) in [5.41, 5.74) is 7.34. The van der Waals surface area contributed by atoms with Crippen LogP contribution in [0.5, 0.6) is 0 Å². The van der Waals surface area contributed by atoms with Crippen molar-refractivity contribution in [3.05, 3.63) is 47.5 Å². The molecule has 3 heterocycles. The van der Waals surface area contributed by atoms with Gasteiger partial charge in [0.25, 0.3) is 5.91 Å².